The Hall–Kier alpha value is -2.51. The first-order chi connectivity index (χ1) is 14.0. The van der Waals surface area contributed by atoms with Gasteiger partial charge in [-0.05, 0) is 65.7 Å². The SMILES string of the molecule is CCOc1ccc(C(=O)Nc2nn(Cc3ccc(Cl)cc3)cc2Br)cc1OCC. The van der Waals surface area contributed by atoms with Gasteiger partial charge in [0.05, 0.1) is 24.2 Å². The fourth-order valence-electron chi connectivity index (χ4n) is 2.71. The maximum atomic E-state index is 12.7. The van der Waals surface area contributed by atoms with E-state index in [9.17, 15) is 4.79 Å². The molecule has 3 rings (SSSR count). The molecular formula is C21H21BrClN3O3. The number of hydrogen-bond donors (Lipinski definition) is 1. The molecule has 0 bridgehead atoms. The second-order valence-electron chi connectivity index (χ2n) is 6.13. The third kappa shape index (κ3) is 5.52. The lowest BCUT2D eigenvalue weighted by Crippen LogP contribution is -2.13. The van der Waals surface area contributed by atoms with E-state index in [2.05, 4.69) is 26.3 Å². The van der Waals surface area contributed by atoms with Crippen molar-refractivity contribution in [3.8, 4) is 11.5 Å². The summed E-state index contributed by atoms with van der Waals surface area (Å²) in [6, 6.07) is 12.6. The van der Waals surface area contributed by atoms with Gasteiger partial charge in [0, 0.05) is 16.8 Å². The number of ether oxygens (including phenoxy) is 2. The molecule has 0 unspecified atom stereocenters. The minimum atomic E-state index is -0.286. The average molecular weight is 479 g/mol. The van der Waals surface area contributed by atoms with Crippen molar-refractivity contribution < 1.29 is 14.3 Å². The molecule has 8 heteroatoms. The predicted octanol–water partition coefficient (Wildman–Crippen LogP) is 5.40. The Labute approximate surface area is 182 Å². The van der Waals surface area contributed by atoms with Crippen molar-refractivity contribution in [3.05, 3.63) is 69.3 Å². The van der Waals surface area contributed by atoms with Gasteiger partial charge in [0.1, 0.15) is 0 Å². The van der Waals surface area contributed by atoms with E-state index < -0.39 is 0 Å². The zero-order chi connectivity index (χ0) is 20.8. The van der Waals surface area contributed by atoms with E-state index in [-0.39, 0.29) is 5.91 Å². The summed E-state index contributed by atoms with van der Waals surface area (Å²) in [5.74, 6) is 1.30. The highest BCUT2D eigenvalue weighted by molar-refractivity contribution is 9.10. The quantitative estimate of drug-likeness (QED) is 0.471. The molecule has 0 aliphatic carbocycles. The molecular weight excluding hydrogens is 458 g/mol. The molecule has 1 N–H and O–H groups in total. The zero-order valence-corrected chi connectivity index (χ0v) is 18.5. The lowest BCUT2D eigenvalue weighted by Gasteiger charge is -2.12. The minimum absolute atomic E-state index is 0.286. The predicted molar refractivity (Wildman–Crippen MR) is 117 cm³/mol. The molecule has 1 aromatic heterocycles. The van der Waals surface area contributed by atoms with Crippen molar-refractivity contribution >= 4 is 39.3 Å². The maximum absolute atomic E-state index is 12.7. The molecule has 0 aliphatic heterocycles. The van der Waals surface area contributed by atoms with Gasteiger partial charge in [0.2, 0.25) is 0 Å². The number of carbonyl (C=O) groups excluding carboxylic acids is 1. The fraction of sp³-hybridized carbons (Fsp3) is 0.238. The van der Waals surface area contributed by atoms with Crippen LogP contribution in [0, 0.1) is 0 Å². The van der Waals surface area contributed by atoms with Crippen molar-refractivity contribution in [1.82, 2.24) is 9.78 Å². The van der Waals surface area contributed by atoms with E-state index in [0.29, 0.717) is 52.1 Å². The molecule has 0 atom stereocenters. The van der Waals surface area contributed by atoms with Crippen molar-refractivity contribution in [2.75, 3.05) is 18.5 Å². The van der Waals surface area contributed by atoms with Crippen LogP contribution in [0.5, 0.6) is 11.5 Å². The van der Waals surface area contributed by atoms with Crippen LogP contribution in [-0.2, 0) is 6.54 Å². The van der Waals surface area contributed by atoms with Gasteiger partial charge in [-0.2, -0.15) is 5.10 Å². The number of hydrogen-bond acceptors (Lipinski definition) is 4. The Bertz CT molecular complexity index is 989. The van der Waals surface area contributed by atoms with Crippen LogP contribution in [0.4, 0.5) is 5.82 Å². The third-order valence-electron chi connectivity index (χ3n) is 4.01. The Balaban J connectivity index is 1.74. The van der Waals surface area contributed by atoms with E-state index in [1.165, 1.54) is 0 Å². The molecule has 29 heavy (non-hydrogen) atoms. The number of benzene rings is 2. The van der Waals surface area contributed by atoms with Crippen LogP contribution in [0.1, 0.15) is 29.8 Å². The highest BCUT2D eigenvalue weighted by atomic mass is 79.9. The average Bonchev–Trinajstić information content (AvgIpc) is 3.04. The minimum Gasteiger partial charge on any atom is -0.490 e. The van der Waals surface area contributed by atoms with Gasteiger partial charge < -0.3 is 14.8 Å². The standard InChI is InChI=1S/C21H21BrClN3O3/c1-3-28-18-10-7-15(11-19(18)29-4-2)21(27)24-20-17(22)13-26(25-20)12-14-5-8-16(23)9-6-14/h5-11,13H,3-4,12H2,1-2H3,(H,24,25,27). The Kier molecular flexibility index (Phi) is 7.17. The molecule has 0 saturated heterocycles. The summed E-state index contributed by atoms with van der Waals surface area (Å²) >= 11 is 9.37. The summed E-state index contributed by atoms with van der Waals surface area (Å²) < 4.78 is 13.6. The van der Waals surface area contributed by atoms with Gasteiger partial charge >= 0.3 is 0 Å². The summed E-state index contributed by atoms with van der Waals surface area (Å²) in [5, 5.41) is 7.96. The molecule has 0 saturated carbocycles. The molecule has 0 fully saturated rings. The second-order valence-corrected chi connectivity index (χ2v) is 7.42. The summed E-state index contributed by atoms with van der Waals surface area (Å²) in [6.45, 7) is 5.33. The van der Waals surface area contributed by atoms with Crippen molar-refractivity contribution in [2.45, 2.75) is 20.4 Å². The van der Waals surface area contributed by atoms with E-state index in [0.717, 1.165) is 5.56 Å². The van der Waals surface area contributed by atoms with Crippen LogP contribution in [-0.4, -0.2) is 28.9 Å². The number of amides is 1. The second kappa shape index (κ2) is 9.80. The van der Waals surface area contributed by atoms with E-state index in [1.54, 1.807) is 22.9 Å². The maximum Gasteiger partial charge on any atom is 0.257 e. The zero-order valence-electron chi connectivity index (χ0n) is 16.1. The smallest absolute Gasteiger partial charge is 0.257 e. The molecule has 0 radical (unpaired) electrons. The molecule has 152 valence electrons. The van der Waals surface area contributed by atoms with Crippen molar-refractivity contribution in [2.24, 2.45) is 0 Å². The molecule has 2 aromatic carbocycles. The van der Waals surface area contributed by atoms with Crippen molar-refractivity contribution in [3.63, 3.8) is 0 Å². The van der Waals surface area contributed by atoms with Gasteiger partial charge in [-0.3, -0.25) is 9.48 Å². The monoisotopic (exact) mass is 477 g/mol. The molecule has 0 aliphatic rings. The number of carbonyl (C=O) groups is 1. The normalized spacial score (nSPS) is 10.6. The van der Waals surface area contributed by atoms with Gasteiger partial charge in [-0.1, -0.05) is 23.7 Å². The lowest BCUT2D eigenvalue weighted by atomic mass is 10.2. The summed E-state index contributed by atoms with van der Waals surface area (Å²) in [4.78, 5) is 12.7. The first kappa shape index (κ1) is 21.2. The summed E-state index contributed by atoms with van der Waals surface area (Å²) in [7, 11) is 0. The number of halogens is 2. The van der Waals surface area contributed by atoms with Crippen LogP contribution in [0.25, 0.3) is 0 Å². The number of aromatic nitrogens is 2. The van der Waals surface area contributed by atoms with Crippen LogP contribution >= 0.6 is 27.5 Å². The van der Waals surface area contributed by atoms with Crippen LogP contribution in [0.2, 0.25) is 5.02 Å². The highest BCUT2D eigenvalue weighted by Gasteiger charge is 2.15. The molecule has 1 heterocycles. The molecule has 0 spiro atoms. The lowest BCUT2D eigenvalue weighted by molar-refractivity contribution is 0.102. The topological polar surface area (TPSA) is 65.4 Å². The van der Waals surface area contributed by atoms with Crippen molar-refractivity contribution in [1.29, 1.82) is 0 Å². The summed E-state index contributed by atoms with van der Waals surface area (Å²) in [6.07, 6.45) is 1.81. The molecule has 1 amide bonds. The number of nitrogens with zero attached hydrogens (tertiary/aromatic N) is 2. The number of nitrogens with one attached hydrogen (secondary N) is 1. The van der Waals surface area contributed by atoms with E-state index in [1.807, 2.05) is 44.3 Å². The third-order valence-corrected chi connectivity index (χ3v) is 4.84. The van der Waals surface area contributed by atoms with Crippen LogP contribution in [0.15, 0.2) is 53.1 Å². The molecule has 3 aromatic rings. The Morgan fingerprint density at radius 3 is 2.48 bits per heavy atom. The summed E-state index contributed by atoms with van der Waals surface area (Å²) in [5.41, 5.74) is 1.51. The number of rotatable bonds is 8. The fourth-order valence-corrected chi connectivity index (χ4v) is 3.25. The highest BCUT2D eigenvalue weighted by Crippen LogP contribution is 2.29. The van der Waals surface area contributed by atoms with Gasteiger partial charge in [0.15, 0.2) is 17.3 Å². The Morgan fingerprint density at radius 2 is 1.79 bits per heavy atom. The van der Waals surface area contributed by atoms with Gasteiger partial charge in [0.25, 0.3) is 5.91 Å². The largest absolute Gasteiger partial charge is 0.490 e. The number of anilines is 1. The first-order valence-corrected chi connectivity index (χ1v) is 10.4. The van der Waals surface area contributed by atoms with Crippen LogP contribution in [0.3, 0.4) is 0 Å². The first-order valence-electron chi connectivity index (χ1n) is 9.18. The Morgan fingerprint density at radius 1 is 1.10 bits per heavy atom. The molecule has 6 nitrogen and oxygen atoms in total. The van der Waals surface area contributed by atoms with Crippen LogP contribution < -0.4 is 14.8 Å². The van der Waals surface area contributed by atoms with Gasteiger partial charge in [-0.15, -0.1) is 0 Å². The van der Waals surface area contributed by atoms with Gasteiger partial charge in [-0.25, -0.2) is 0 Å². The van der Waals surface area contributed by atoms with E-state index in [4.69, 9.17) is 21.1 Å². The van der Waals surface area contributed by atoms with E-state index >= 15 is 0 Å².